The lowest BCUT2D eigenvalue weighted by molar-refractivity contribution is 0.0844. The van der Waals surface area contributed by atoms with Crippen molar-refractivity contribution in [3.63, 3.8) is 0 Å². The molecule has 6 nitrogen and oxygen atoms in total. The first-order valence-electron chi connectivity index (χ1n) is 9.36. The van der Waals surface area contributed by atoms with Gasteiger partial charge in [0.1, 0.15) is 18.1 Å². The number of halogens is 1. The first-order valence-corrected chi connectivity index (χ1v) is 10.2. The number of hydrogen-bond acceptors (Lipinski definition) is 4. The van der Waals surface area contributed by atoms with Gasteiger partial charge in [0.2, 0.25) is 0 Å². The quantitative estimate of drug-likeness (QED) is 0.500. The molecule has 2 amide bonds. The maximum absolute atomic E-state index is 12.5. The summed E-state index contributed by atoms with van der Waals surface area (Å²) in [6.07, 6.45) is 0. The Bertz CT molecular complexity index is 1010. The highest BCUT2D eigenvalue weighted by atomic mass is 79.9. The van der Waals surface area contributed by atoms with Crippen LogP contribution in [0.5, 0.6) is 11.5 Å². The fourth-order valence-corrected chi connectivity index (χ4v) is 3.02. The molecule has 7 heteroatoms. The van der Waals surface area contributed by atoms with Crippen LogP contribution in [0, 0.1) is 0 Å². The average Bonchev–Trinajstić information content (AvgIpc) is 2.78. The van der Waals surface area contributed by atoms with Crippen LogP contribution >= 0.6 is 15.9 Å². The fourth-order valence-electron chi connectivity index (χ4n) is 2.66. The van der Waals surface area contributed by atoms with E-state index >= 15 is 0 Å². The zero-order valence-electron chi connectivity index (χ0n) is 16.4. The van der Waals surface area contributed by atoms with E-state index in [1.165, 1.54) is 0 Å². The molecule has 154 valence electrons. The Hall–Kier alpha value is -3.32. The molecule has 0 fully saturated rings. The molecule has 0 unspecified atom stereocenters. The van der Waals surface area contributed by atoms with Crippen molar-refractivity contribution in [2.75, 3.05) is 6.61 Å². The number of hydrogen-bond donors (Lipinski definition) is 2. The minimum atomic E-state index is -0.476. The van der Waals surface area contributed by atoms with Crippen LogP contribution in [-0.4, -0.2) is 18.4 Å². The van der Waals surface area contributed by atoms with Gasteiger partial charge in [-0.3, -0.25) is 20.4 Å². The maximum Gasteiger partial charge on any atom is 0.273 e. The van der Waals surface area contributed by atoms with Gasteiger partial charge in [-0.2, -0.15) is 0 Å². The van der Waals surface area contributed by atoms with E-state index in [1.807, 2.05) is 37.3 Å². The topological polar surface area (TPSA) is 76.7 Å². The Labute approximate surface area is 183 Å². The van der Waals surface area contributed by atoms with Crippen LogP contribution in [0.15, 0.2) is 77.3 Å². The Morgan fingerprint density at radius 2 is 1.57 bits per heavy atom. The lowest BCUT2D eigenvalue weighted by Gasteiger charge is -2.12. The van der Waals surface area contributed by atoms with Crippen molar-refractivity contribution in [2.24, 2.45) is 0 Å². The molecule has 0 heterocycles. The van der Waals surface area contributed by atoms with E-state index in [4.69, 9.17) is 9.47 Å². The molecule has 0 spiro atoms. The number of hydrazine groups is 1. The van der Waals surface area contributed by atoms with Crippen molar-refractivity contribution in [3.8, 4) is 11.5 Å². The lowest BCUT2D eigenvalue weighted by Crippen LogP contribution is -2.41. The lowest BCUT2D eigenvalue weighted by atomic mass is 10.2. The number of carbonyl (C=O) groups is 2. The second kappa shape index (κ2) is 10.5. The second-order valence-electron chi connectivity index (χ2n) is 6.28. The van der Waals surface area contributed by atoms with Gasteiger partial charge in [0.15, 0.2) is 0 Å². The zero-order chi connectivity index (χ0) is 21.3. The van der Waals surface area contributed by atoms with Crippen molar-refractivity contribution in [1.82, 2.24) is 10.9 Å². The van der Waals surface area contributed by atoms with Crippen LogP contribution in [0.25, 0.3) is 0 Å². The number of nitrogens with one attached hydrogen (secondary N) is 2. The van der Waals surface area contributed by atoms with Crippen LogP contribution in [0.4, 0.5) is 0 Å². The molecule has 0 atom stereocenters. The van der Waals surface area contributed by atoms with Crippen LogP contribution in [0.3, 0.4) is 0 Å². The highest BCUT2D eigenvalue weighted by Gasteiger charge is 2.14. The van der Waals surface area contributed by atoms with Crippen LogP contribution in [0.1, 0.15) is 33.2 Å². The van der Waals surface area contributed by atoms with Gasteiger partial charge < -0.3 is 9.47 Å². The minimum Gasteiger partial charge on any atom is -0.493 e. The third-order valence-corrected chi connectivity index (χ3v) is 4.63. The Kier molecular flexibility index (Phi) is 7.45. The normalized spacial score (nSPS) is 10.2. The van der Waals surface area contributed by atoms with Gasteiger partial charge in [0.05, 0.1) is 12.2 Å². The van der Waals surface area contributed by atoms with Gasteiger partial charge in [-0.1, -0.05) is 46.3 Å². The third-order valence-electron chi connectivity index (χ3n) is 4.14. The summed E-state index contributed by atoms with van der Waals surface area (Å²) in [6.45, 7) is 2.70. The van der Waals surface area contributed by atoms with Crippen molar-refractivity contribution in [3.05, 3.63) is 94.0 Å². The molecule has 0 radical (unpaired) electrons. The molecule has 3 aromatic carbocycles. The van der Waals surface area contributed by atoms with E-state index in [0.29, 0.717) is 35.8 Å². The summed E-state index contributed by atoms with van der Waals surface area (Å²) in [5.41, 5.74) is 6.59. The van der Waals surface area contributed by atoms with Crippen LogP contribution in [0.2, 0.25) is 0 Å². The maximum atomic E-state index is 12.5. The van der Waals surface area contributed by atoms with E-state index < -0.39 is 11.8 Å². The molecule has 0 saturated carbocycles. The summed E-state index contributed by atoms with van der Waals surface area (Å²) in [5.74, 6) is 0.170. The molecular weight excluding hydrogens is 448 g/mol. The van der Waals surface area contributed by atoms with E-state index in [0.717, 1.165) is 10.0 Å². The largest absolute Gasteiger partial charge is 0.493 e. The number of carbonyl (C=O) groups excluding carboxylic acids is 2. The van der Waals surface area contributed by atoms with Gasteiger partial charge in [0.25, 0.3) is 11.8 Å². The van der Waals surface area contributed by atoms with Gasteiger partial charge in [-0.15, -0.1) is 0 Å². The Morgan fingerprint density at radius 1 is 0.867 bits per heavy atom. The molecule has 0 saturated heterocycles. The van der Waals surface area contributed by atoms with E-state index in [1.54, 1.807) is 42.5 Å². The predicted octanol–water partition coefficient (Wildman–Crippen LogP) is 4.50. The summed E-state index contributed by atoms with van der Waals surface area (Å²) in [7, 11) is 0. The summed E-state index contributed by atoms with van der Waals surface area (Å²) in [4.78, 5) is 24.8. The summed E-state index contributed by atoms with van der Waals surface area (Å²) in [6, 6.07) is 21.6. The highest BCUT2D eigenvalue weighted by Crippen LogP contribution is 2.23. The third kappa shape index (κ3) is 5.84. The molecule has 0 bridgehead atoms. The van der Waals surface area contributed by atoms with Gasteiger partial charge in [0, 0.05) is 10.0 Å². The first kappa shape index (κ1) is 21.4. The van der Waals surface area contributed by atoms with E-state index in [-0.39, 0.29) is 0 Å². The highest BCUT2D eigenvalue weighted by molar-refractivity contribution is 9.10. The van der Waals surface area contributed by atoms with Gasteiger partial charge in [-0.05, 0) is 55.0 Å². The number of ether oxygens (including phenoxy) is 2. The number of benzene rings is 3. The monoisotopic (exact) mass is 468 g/mol. The molecule has 2 N–H and O–H groups in total. The summed E-state index contributed by atoms with van der Waals surface area (Å²) < 4.78 is 11.9. The predicted molar refractivity (Wildman–Crippen MR) is 117 cm³/mol. The molecule has 3 rings (SSSR count). The smallest absolute Gasteiger partial charge is 0.273 e. The average molecular weight is 469 g/mol. The fraction of sp³-hybridized carbons (Fsp3) is 0.130. The molecule has 0 aliphatic carbocycles. The summed E-state index contributed by atoms with van der Waals surface area (Å²) in [5, 5.41) is 0. The SMILES string of the molecule is CCOc1ccc(Br)cc1C(=O)NNC(=O)c1ccc(OCc2ccccc2)cc1. The van der Waals surface area contributed by atoms with Crippen molar-refractivity contribution in [2.45, 2.75) is 13.5 Å². The molecule has 30 heavy (non-hydrogen) atoms. The molecule has 0 aliphatic heterocycles. The number of rotatable bonds is 7. The van der Waals surface area contributed by atoms with Crippen LogP contribution in [-0.2, 0) is 6.61 Å². The number of amides is 2. The van der Waals surface area contributed by atoms with Crippen LogP contribution < -0.4 is 20.3 Å². The Balaban J connectivity index is 1.56. The van der Waals surface area contributed by atoms with Crippen molar-refractivity contribution in [1.29, 1.82) is 0 Å². The molecule has 0 aliphatic rings. The molecule has 3 aromatic rings. The van der Waals surface area contributed by atoms with Crippen molar-refractivity contribution >= 4 is 27.7 Å². The Morgan fingerprint density at radius 3 is 2.27 bits per heavy atom. The van der Waals surface area contributed by atoms with Gasteiger partial charge >= 0.3 is 0 Å². The second-order valence-corrected chi connectivity index (χ2v) is 7.20. The summed E-state index contributed by atoms with van der Waals surface area (Å²) >= 11 is 3.33. The van der Waals surface area contributed by atoms with Gasteiger partial charge in [-0.25, -0.2) is 0 Å². The molecular formula is C23H21BrN2O4. The minimum absolute atomic E-state index is 0.316. The van der Waals surface area contributed by atoms with E-state index in [2.05, 4.69) is 26.8 Å². The molecule has 0 aromatic heterocycles. The van der Waals surface area contributed by atoms with Crippen molar-refractivity contribution < 1.29 is 19.1 Å². The zero-order valence-corrected chi connectivity index (χ0v) is 17.9. The first-order chi connectivity index (χ1) is 14.6. The standard InChI is InChI=1S/C23H21BrN2O4/c1-2-29-21-13-10-18(24)14-20(21)23(28)26-25-22(27)17-8-11-19(12-9-17)30-15-16-6-4-3-5-7-16/h3-14H,2,15H2,1H3,(H,25,27)(H,26,28). The van der Waals surface area contributed by atoms with E-state index in [9.17, 15) is 9.59 Å².